The summed E-state index contributed by atoms with van der Waals surface area (Å²) in [6.45, 7) is 1.74. The Balaban J connectivity index is 1.47. The standard InChI is InChI=1S/C15H17N3O2/c1-2-11(10-16-5-1)8-13-17-14(20-18-13)12-9-15(12)3-6-19-7-4-15/h1-2,5,10,12H,3-4,6-9H2. The Kier molecular flexibility index (Phi) is 2.80. The zero-order valence-corrected chi connectivity index (χ0v) is 11.3. The molecule has 4 rings (SSSR count). The number of ether oxygens (including phenoxy) is 1. The van der Waals surface area contributed by atoms with Gasteiger partial charge in [0.2, 0.25) is 5.89 Å². The summed E-state index contributed by atoms with van der Waals surface area (Å²) in [4.78, 5) is 8.67. The molecule has 2 aromatic rings. The van der Waals surface area contributed by atoms with Crippen molar-refractivity contribution in [2.24, 2.45) is 5.41 Å². The number of nitrogens with zero attached hydrogens (tertiary/aromatic N) is 3. The molecule has 1 spiro atoms. The van der Waals surface area contributed by atoms with Crippen LogP contribution < -0.4 is 0 Å². The zero-order chi connectivity index (χ0) is 13.4. The van der Waals surface area contributed by atoms with E-state index in [0.29, 0.717) is 17.8 Å². The lowest BCUT2D eigenvalue weighted by Gasteiger charge is -2.21. The number of rotatable bonds is 3. The highest BCUT2D eigenvalue weighted by atomic mass is 16.5. The Morgan fingerprint density at radius 2 is 2.20 bits per heavy atom. The summed E-state index contributed by atoms with van der Waals surface area (Å²) in [5, 5.41) is 4.11. The molecule has 1 aliphatic heterocycles. The van der Waals surface area contributed by atoms with E-state index in [9.17, 15) is 0 Å². The molecule has 1 unspecified atom stereocenters. The lowest BCUT2D eigenvalue weighted by molar-refractivity contribution is 0.0544. The predicted octanol–water partition coefficient (Wildman–Crippen LogP) is 2.34. The fourth-order valence-electron chi connectivity index (χ4n) is 3.19. The van der Waals surface area contributed by atoms with Crippen molar-refractivity contribution in [2.75, 3.05) is 13.2 Å². The van der Waals surface area contributed by atoms with Gasteiger partial charge in [0.15, 0.2) is 5.82 Å². The third-order valence-corrected chi connectivity index (χ3v) is 4.55. The van der Waals surface area contributed by atoms with Crippen molar-refractivity contribution in [3.8, 4) is 0 Å². The van der Waals surface area contributed by atoms with E-state index in [4.69, 9.17) is 9.26 Å². The molecular weight excluding hydrogens is 254 g/mol. The summed E-state index contributed by atoms with van der Waals surface area (Å²) < 4.78 is 10.9. The average Bonchev–Trinajstić information content (AvgIpc) is 2.96. The van der Waals surface area contributed by atoms with E-state index in [0.717, 1.165) is 43.3 Å². The lowest BCUT2D eigenvalue weighted by Crippen LogP contribution is -2.18. The molecule has 0 amide bonds. The summed E-state index contributed by atoms with van der Waals surface area (Å²) in [6, 6.07) is 3.95. The Hall–Kier alpha value is -1.75. The van der Waals surface area contributed by atoms with Gasteiger partial charge in [-0.3, -0.25) is 4.98 Å². The molecule has 0 bridgehead atoms. The first-order valence-electron chi connectivity index (χ1n) is 7.15. The third-order valence-electron chi connectivity index (χ3n) is 4.55. The molecule has 3 heterocycles. The van der Waals surface area contributed by atoms with Gasteiger partial charge in [-0.15, -0.1) is 0 Å². The third kappa shape index (κ3) is 2.12. The quantitative estimate of drug-likeness (QED) is 0.857. The maximum atomic E-state index is 5.47. The van der Waals surface area contributed by atoms with Crippen LogP contribution in [0, 0.1) is 5.41 Å². The smallest absolute Gasteiger partial charge is 0.230 e. The van der Waals surface area contributed by atoms with Crippen LogP contribution in [0.15, 0.2) is 29.0 Å². The summed E-state index contributed by atoms with van der Waals surface area (Å²) in [5.41, 5.74) is 1.49. The molecule has 1 atom stereocenters. The molecule has 20 heavy (non-hydrogen) atoms. The van der Waals surface area contributed by atoms with Gasteiger partial charge in [0.1, 0.15) is 0 Å². The van der Waals surface area contributed by atoms with Crippen molar-refractivity contribution in [1.82, 2.24) is 15.1 Å². The number of hydrogen-bond donors (Lipinski definition) is 0. The van der Waals surface area contributed by atoms with Crippen LogP contribution in [0.4, 0.5) is 0 Å². The topological polar surface area (TPSA) is 61.0 Å². The van der Waals surface area contributed by atoms with Crippen LogP contribution in [0.25, 0.3) is 0 Å². The van der Waals surface area contributed by atoms with Crippen LogP contribution in [0.2, 0.25) is 0 Å². The largest absolute Gasteiger partial charge is 0.381 e. The molecule has 2 aromatic heterocycles. The first kappa shape index (κ1) is 12.0. The van der Waals surface area contributed by atoms with Gasteiger partial charge < -0.3 is 9.26 Å². The fourth-order valence-corrected chi connectivity index (χ4v) is 3.19. The summed E-state index contributed by atoms with van der Waals surface area (Å²) in [6.07, 6.45) is 7.71. The van der Waals surface area contributed by atoms with Crippen LogP contribution >= 0.6 is 0 Å². The van der Waals surface area contributed by atoms with Crippen LogP contribution in [-0.4, -0.2) is 28.3 Å². The van der Waals surface area contributed by atoms with Gasteiger partial charge in [-0.2, -0.15) is 4.98 Å². The van der Waals surface area contributed by atoms with Gasteiger partial charge in [0.25, 0.3) is 0 Å². The van der Waals surface area contributed by atoms with Crippen molar-refractivity contribution in [3.05, 3.63) is 41.8 Å². The van der Waals surface area contributed by atoms with Gasteiger partial charge in [0, 0.05) is 37.9 Å². The highest BCUT2D eigenvalue weighted by molar-refractivity contribution is 5.19. The SMILES string of the molecule is c1cncc(Cc2noc(C3CC34CCOCC4)n2)c1. The molecule has 5 nitrogen and oxygen atoms in total. The van der Waals surface area contributed by atoms with Crippen LogP contribution in [0.3, 0.4) is 0 Å². The van der Waals surface area contributed by atoms with E-state index < -0.39 is 0 Å². The predicted molar refractivity (Wildman–Crippen MR) is 71.2 cm³/mol. The van der Waals surface area contributed by atoms with Gasteiger partial charge >= 0.3 is 0 Å². The Morgan fingerprint density at radius 3 is 3.00 bits per heavy atom. The molecule has 0 aromatic carbocycles. The van der Waals surface area contributed by atoms with E-state index in [-0.39, 0.29) is 0 Å². The molecule has 1 saturated heterocycles. The van der Waals surface area contributed by atoms with Crippen LogP contribution in [-0.2, 0) is 11.2 Å². The molecule has 0 N–H and O–H groups in total. The minimum absolute atomic E-state index is 0.385. The first-order chi connectivity index (χ1) is 9.86. The van der Waals surface area contributed by atoms with Crippen molar-refractivity contribution in [2.45, 2.75) is 31.6 Å². The van der Waals surface area contributed by atoms with Gasteiger partial charge in [-0.05, 0) is 36.3 Å². The maximum Gasteiger partial charge on any atom is 0.230 e. The van der Waals surface area contributed by atoms with Crippen LogP contribution in [0.5, 0.6) is 0 Å². The Labute approximate surface area is 117 Å². The van der Waals surface area contributed by atoms with Crippen molar-refractivity contribution in [3.63, 3.8) is 0 Å². The normalized spacial score (nSPS) is 23.9. The molecule has 2 fully saturated rings. The van der Waals surface area contributed by atoms with E-state index >= 15 is 0 Å². The Bertz CT molecular complexity index is 590. The highest BCUT2D eigenvalue weighted by Crippen LogP contribution is 2.64. The van der Waals surface area contributed by atoms with Crippen LogP contribution in [0.1, 0.15) is 42.5 Å². The molecule has 5 heteroatoms. The minimum Gasteiger partial charge on any atom is -0.381 e. The second-order valence-electron chi connectivity index (χ2n) is 5.82. The number of aromatic nitrogens is 3. The monoisotopic (exact) mass is 271 g/mol. The maximum absolute atomic E-state index is 5.47. The highest BCUT2D eigenvalue weighted by Gasteiger charge is 2.57. The first-order valence-corrected chi connectivity index (χ1v) is 7.15. The molecule has 1 aliphatic carbocycles. The van der Waals surface area contributed by atoms with Crippen molar-refractivity contribution in [1.29, 1.82) is 0 Å². The molecule has 104 valence electrons. The number of pyridine rings is 1. The second-order valence-corrected chi connectivity index (χ2v) is 5.82. The Morgan fingerprint density at radius 1 is 1.30 bits per heavy atom. The minimum atomic E-state index is 0.385. The van der Waals surface area contributed by atoms with Crippen molar-refractivity contribution < 1.29 is 9.26 Å². The molecule has 2 aliphatic rings. The summed E-state index contributed by atoms with van der Waals surface area (Å²) in [7, 11) is 0. The number of hydrogen-bond acceptors (Lipinski definition) is 5. The van der Waals surface area contributed by atoms with Gasteiger partial charge in [0.05, 0.1) is 0 Å². The summed E-state index contributed by atoms with van der Waals surface area (Å²) in [5.74, 6) is 2.01. The van der Waals surface area contributed by atoms with E-state index in [1.165, 1.54) is 6.42 Å². The summed E-state index contributed by atoms with van der Waals surface area (Å²) >= 11 is 0. The fraction of sp³-hybridized carbons (Fsp3) is 0.533. The molecular formula is C15H17N3O2. The van der Waals surface area contributed by atoms with E-state index in [2.05, 4.69) is 15.1 Å². The lowest BCUT2D eigenvalue weighted by atomic mass is 9.94. The molecule has 1 saturated carbocycles. The van der Waals surface area contributed by atoms with Gasteiger partial charge in [-0.25, -0.2) is 0 Å². The van der Waals surface area contributed by atoms with Gasteiger partial charge in [-0.1, -0.05) is 11.2 Å². The van der Waals surface area contributed by atoms with E-state index in [1.54, 1.807) is 6.20 Å². The average molecular weight is 271 g/mol. The van der Waals surface area contributed by atoms with Crippen molar-refractivity contribution >= 4 is 0 Å². The van der Waals surface area contributed by atoms with E-state index in [1.807, 2.05) is 18.3 Å². The second kappa shape index (κ2) is 4.66. The zero-order valence-electron chi connectivity index (χ0n) is 11.3. The molecule has 0 radical (unpaired) electrons.